The van der Waals surface area contributed by atoms with E-state index in [9.17, 15) is 0 Å². The number of rotatable bonds is 4. The quantitative estimate of drug-likeness (QED) is 0.483. The van der Waals surface area contributed by atoms with E-state index in [1.165, 1.54) is 22.5 Å². The summed E-state index contributed by atoms with van der Waals surface area (Å²) in [5, 5.41) is 5.67. The van der Waals surface area contributed by atoms with E-state index in [1.807, 2.05) is 0 Å². The summed E-state index contributed by atoms with van der Waals surface area (Å²) >= 11 is 20.1. The van der Waals surface area contributed by atoms with Gasteiger partial charge < -0.3 is 5.32 Å². The van der Waals surface area contributed by atoms with E-state index in [0.717, 1.165) is 28.4 Å². The number of nitrogens with zero attached hydrogens (tertiary/aromatic N) is 1. The molecule has 0 spiro atoms. The lowest BCUT2D eigenvalue weighted by Gasteiger charge is -2.13. The van der Waals surface area contributed by atoms with Crippen molar-refractivity contribution >= 4 is 67.2 Å². The molecule has 1 aromatic heterocycles. The molecular formula is C17H15Cl3N2S. The number of benzene rings is 2. The largest absolute Gasteiger partial charge is 0.331 e. The van der Waals surface area contributed by atoms with Gasteiger partial charge in [0.2, 0.25) is 0 Å². The van der Waals surface area contributed by atoms with Crippen LogP contribution in [-0.4, -0.2) is 4.98 Å². The predicted molar refractivity (Wildman–Crippen MR) is 103 cm³/mol. The van der Waals surface area contributed by atoms with Crippen molar-refractivity contribution in [2.75, 3.05) is 5.32 Å². The van der Waals surface area contributed by atoms with Crippen LogP contribution in [0.1, 0.15) is 25.0 Å². The van der Waals surface area contributed by atoms with Crippen LogP contribution in [0, 0.1) is 0 Å². The molecule has 0 radical (unpaired) electrons. The summed E-state index contributed by atoms with van der Waals surface area (Å²) in [4.78, 5) is 4.59. The van der Waals surface area contributed by atoms with Crippen LogP contribution in [0.25, 0.3) is 10.2 Å². The van der Waals surface area contributed by atoms with Crippen LogP contribution >= 0.6 is 46.1 Å². The third kappa shape index (κ3) is 3.16. The van der Waals surface area contributed by atoms with Crippen LogP contribution in [0.2, 0.25) is 15.1 Å². The molecule has 3 aromatic rings. The van der Waals surface area contributed by atoms with E-state index >= 15 is 0 Å². The fourth-order valence-corrected chi connectivity index (χ4v) is 4.36. The molecule has 3 rings (SSSR count). The zero-order valence-electron chi connectivity index (χ0n) is 12.7. The number of aryl methyl sites for hydroxylation is 2. The third-order valence-corrected chi connectivity index (χ3v) is 5.92. The van der Waals surface area contributed by atoms with Gasteiger partial charge in [0.1, 0.15) is 5.52 Å². The van der Waals surface area contributed by atoms with E-state index in [-0.39, 0.29) is 0 Å². The molecule has 0 amide bonds. The van der Waals surface area contributed by atoms with Crippen molar-refractivity contribution in [3.05, 3.63) is 50.5 Å². The van der Waals surface area contributed by atoms with Crippen molar-refractivity contribution in [1.82, 2.24) is 4.98 Å². The number of hydrogen-bond acceptors (Lipinski definition) is 3. The molecule has 0 unspecified atom stereocenters. The number of fused-ring (bicyclic) bond motifs is 1. The van der Waals surface area contributed by atoms with Gasteiger partial charge in [0.25, 0.3) is 0 Å². The Morgan fingerprint density at radius 1 is 1.04 bits per heavy atom. The third-order valence-electron chi connectivity index (χ3n) is 3.75. The van der Waals surface area contributed by atoms with Crippen LogP contribution in [0.15, 0.2) is 24.3 Å². The first-order chi connectivity index (χ1) is 11.0. The van der Waals surface area contributed by atoms with Gasteiger partial charge in [-0.1, -0.05) is 78.2 Å². The van der Waals surface area contributed by atoms with Crippen LogP contribution in [-0.2, 0) is 12.8 Å². The number of nitrogens with one attached hydrogen (secondary N) is 1. The summed E-state index contributed by atoms with van der Waals surface area (Å²) in [6.45, 7) is 4.29. The monoisotopic (exact) mass is 384 g/mol. The van der Waals surface area contributed by atoms with Gasteiger partial charge >= 0.3 is 0 Å². The zero-order valence-corrected chi connectivity index (χ0v) is 15.8. The first kappa shape index (κ1) is 16.8. The van der Waals surface area contributed by atoms with Crippen molar-refractivity contribution < 1.29 is 0 Å². The lowest BCUT2D eigenvalue weighted by atomic mass is 10.0. The lowest BCUT2D eigenvalue weighted by molar-refractivity contribution is 1.09. The Kier molecular flexibility index (Phi) is 5.02. The molecule has 0 aliphatic heterocycles. The van der Waals surface area contributed by atoms with Crippen molar-refractivity contribution in [3.8, 4) is 0 Å². The summed E-state index contributed by atoms with van der Waals surface area (Å²) in [6.07, 6.45) is 1.91. The van der Waals surface area contributed by atoms with Crippen molar-refractivity contribution in [3.63, 3.8) is 0 Å². The highest BCUT2D eigenvalue weighted by atomic mass is 35.5. The van der Waals surface area contributed by atoms with E-state index in [0.29, 0.717) is 20.6 Å². The minimum atomic E-state index is 0.447. The topological polar surface area (TPSA) is 24.9 Å². The van der Waals surface area contributed by atoms with Crippen molar-refractivity contribution in [2.24, 2.45) is 0 Å². The fraction of sp³-hybridized carbons (Fsp3) is 0.235. The molecular weight excluding hydrogens is 371 g/mol. The predicted octanol–water partition coefficient (Wildman–Crippen LogP) is 7.12. The number of para-hydroxylation sites is 1. The second-order valence-corrected chi connectivity index (χ2v) is 7.33. The summed E-state index contributed by atoms with van der Waals surface area (Å²) < 4.78 is 0.804. The smallest absolute Gasteiger partial charge is 0.188 e. The van der Waals surface area contributed by atoms with Gasteiger partial charge in [-0.2, -0.15) is 0 Å². The first-order valence-corrected chi connectivity index (χ1v) is 9.32. The Bertz CT molecular complexity index is 852. The number of aromatic nitrogens is 1. The van der Waals surface area contributed by atoms with Gasteiger partial charge in [0.15, 0.2) is 5.13 Å². The van der Waals surface area contributed by atoms with Gasteiger partial charge in [0.05, 0.1) is 19.8 Å². The normalized spacial score (nSPS) is 11.2. The Morgan fingerprint density at radius 2 is 1.70 bits per heavy atom. The summed E-state index contributed by atoms with van der Waals surface area (Å²) in [5.41, 5.74) is 4.33. The van der Waals surface area contributed by atoms with Crippen molar-refractivity contribution in [1.29, 1.82) is 0 Å². The highest BCUT2D eigenvalue weighted by Crippen LogP contribution is 2.41. The SMILES string of the molecule is CCc1cccc(CC)c1Nc1nc2c(Cl)cc(Cl)c(Cl)c2s1. The number of anilines is 2. The molecule has 0 atom stereocenters. The Balaban J connectivity index is 2.10. The van der Waals surface area contributed by atoms with Gasteiger partial charge in [-0.15, -0.1) is 0 Å². The van der Waals surface area contributed by atoms with E-state index < -0.39 is 0 Å². The lowest BCUT2D eigenvalue weighted by Crippen LogP contribution is -1.99. The molecule has 0 aliphatic rings. The van der Waals surface area contributed by atoms with E-state index in [2.05, 4.69) is 42.3 Å². The van der Waals surface area contributed by atoms with Gasteiger partial charge in [0, 0.05) is 5.69 Å². The number of hydrogen-bond donors (Lipinski definition) is 1. The molecule has 0 saturated heterocycles. The molecule has 1 N–H and O–H groups in total. The van der Waals surface area contributed by atoms with Crippen LogP contribution in [0.4, 0.5) is 10.8 Å². The fourth-order valence-electron chi connectivity index (χ4n) is 2.55. The zero-order chi connectivity index (χ0) is 16.6. The molecule has 0 fully saturated rings. The molecule has 0 bridgehead atoms. The van der Waals surface area contributed by atoms with Crippen LogP contribution in [0.5, 0.6) is 0 Å². The first-order valence-electron chi connectivity index (χ1n) is 7.37. The number of thiazole rings is 1. The molecule has 6 heteroatoms. The number of halogens is 3. The van der Waals surface area contributed by atoms with E-state index in [1.54, 1.807) is 6.07 Å². The highest BCUT2D eigenvalue weighted by molar-refractivity contribution is 7.23. The second kappa shape index (κ2) is 6.86. The van der Waals surface area contributed by atoms with Gasteiger partial charge in [-0.3, -0.25) is 0 Å². The molecule has 2 aromatic carbocycles. The maximum atomic E-state index is 6.28. The van der Waals surface area contributed by atoms with Gasteiger partial charge in [-0.05, 0) is 30.0 Å². The minimum Gasteiger partial charge on any atom is -0.331 e. The van der Waals surface area contributed by atoms with Crippen LogP contribution < -0.4 is 5.32 Å². The van der Waals surface area contributed by atoms with E-state index in [4.69, 9.17) is 34.8 Å². The standard InChI is InChI=1S/C17H15Cl3N2S/c1-3-9-6-5-7-10(4-2)14(9)21-17-22-15-12(19)8-11(18)13(20)16(15)23-17/h5-8H,3-4H2,1-2H3,(H,21,22). The molecule has 23 heavy (non-hydrogen) atoms. The van der Waals surface area contributed by atoms with Crippen LogP contribution in [0.3, 0.4) is 0 Å². The molecule has 2 nitrogen and oxygen atoms in total. The average Bonchev–Trinajstić information content (AvgIpc) is 2.97. The Hall–Kier alpha value is -1.000. The molecule has 0 aliphatic carbocycles. The molecule has 120 valence electrons. The second-order valence-electron chi connectivity index (χ2n) is 5.13. The average molecular weight is 386 g/mol. The summed E-state index contributed by atoms with van der Waals surface area (Å²) in [5.74, 6) is 0. The summed E-state index contributed by atoms with van der Waals surface area (Å²) in [6, 6.07) is 7.99. The molecule has 0 saturated carbocycles. The summed E-state index contributed by atoms with van der Waals surface area (Å²) in [7, 11) is 0. The van der Waals surface area contributed by atoms with Crippen molar-refractivity contribution in [2.45, 2.75) is 26.7 Å². The Morgan fingerprint density at radius 3 is 2.30 bits per heavy atom. The maximum Gasteiger partial charge on any atom is 0.188 e. The molecule has 1 heterocycles. The minimum absolute atomic E-state index is 0.447. The van der Waals surface area contributed by atoms with Gasteiger partial charge in [-0.25, -0.2) is 4.98 Å². The maximum absolute atomic E-state index is 6.28. The Labute approximate surface area is 154 Å². The highest BCUT2D eigenvalue weighted by Gasteiger charge is 2.15.